The van der Waals surface area contributed by atoms with Gasteiger partial charge in [-0.2, -0.15) is 5.10 Å². The quantitative estimate of drug-likeness (QED) is 0.337. The molecule has 0 aliphatic rings. The number of aromatic nitrogens is 1. The van der Waals surface area contributed by atoms with Crippen LogP contribution in [0.25, 0.3) is 11.3 Å². The van der Waals surface area contributed by atoms with E-state index in [0.29, 0.717) is 6.54 Å². The van der Waals surface area contributed by atoms with Gasteiger partial charge in [-0.05, 0) is 49.2 Å². The molecule has 0 bridgehead atoms. The Morgan fingerprint density at radius 2 is 1.85 bits per heavy atom. The van der Waals surface area contributed by atoms with Crippen LogP contribution in [0, 0.1) is 6.92 Å². The van der Waals surface area contributed by atoms with Gasteiger partial charge in [0, 0.05) is 11.9 Å². The lowest BCUT2D eigenvalue weighted by atomic mass is 10.1. The zero-order chi connectivity index (χ0) is 19.2. The van der Waals surface area contributed by atoms with Gasteiger partial charge < -0.3 is 9.30 Å². The maximum absolute atomic E-state index is 5.20. The fraction of sp³-hybridized carbons (Fsp3) is 0.182. The lowest BCUT2D eigenvalue weighted by Crippen LogP contribution is -2.15. The molecule has 0 unspecified atom stereocenters. The fourth-order valence-electron chi connectivity index (χ4n) is 2.68. The third-order valence-corrected chi connectivity index (χ3v) is 5.10. The molecule has 1 heterocycles. The minimum absolute atomic E-state index is 0.683. The number of rotatable bonds is 6. The Kier molecular flexibility index (Phi) is 6.04. The highest BCUT2D eigenvalue weighted by Gasteiger charge is 2.07. The number of methoxy groups -OCH3 is 1. The van der Waals surface area contributed by atoms with Crippen LogP contribution < -0.4 is 9.54 Å². The Morgan fingerprint density at radius 1 is 1.15 bits per heavy atom. The molecule has 0 amide bonds. The van der Waals surface area contributed by atoms with Gasteiger partial charge in [0.05, 0.1) is 18.5 Å². The lowest BCUT2D eigenvalue weighted by Gasteiger charge is -2.06. The molecule has 0 N–H and O–H groups in total. The first-order valence-corrected chi connectivity index (χ1v) is 9.59. The van der Waals surface area contributed by atoms with E-state index in [1.165, 1.54) is 5.56 Å². The Labute approximate surface area is 163 Å². The number of nitrogens with zero attached hydrogens (tertiary/aromatic N) is 3. The summed E-state index contributed by atoms with van der Waals surface area (Å²) in [5.41, 5.74) is 5.40. The van der Waals surface area contributed by atoms with Gasteiger partial charge in [0.25, 0.3) is 0 Å². The molecule has 0 atom stereocenters. The molecule has 4 nitrogen and oxygen atoms in total. The zero-order valence-corrected chi connectivity index (χ0v) is 16.7. The normalized spacial score (nSPS) is 12.3. The standard InChI is InChI=1S/C22H23N3OS/c1-5-14-25-21(19-8-6-16(2)7-9-19)15-27-22(25)24-23-17(3)18-10-12-20(26-4)13-11-18/h5-13,15H,1,14H2,2-4H3/b23-17-,24-22-. The predicted molar refractivity (Wildman–Crippen MR) is 113 cm³/mol. The number of aryl methyl sites for hydroxylation is 1. The number of hydrogen-bond donors (Lipinski definition) is 0. The first-order valence-electron chi connectivity index (χ1n) is 8.71. The molecule has 3 rings (SSSR count). The second kappa shape index (κ2) is 8.64. The van der Waals surface area contributed by atoms with Crippen LogP contribution in [0.4, 0.5) is 0 Å². The van der Waals surface area contributed by atoms with Crippen molar-refractivity contribution >= 4 is 17.0 Å². The van der Waals surface area contributed by atoms with E-state index in [2.05, 4.69) is 57.9 Å². The molecule has 1 aromatic heterocycles. The van der Waals surface area contributed by atoms with Crippen molar-refractivity contribution in [2.24, 2.45) is 10.2 Å². The van der Waals surface area contributed by atoms with Crippen LogP contribution in [0.2, 0.25) is 0 Å². The van der Waals surface area contributed by atoms with Crippen LogP contribution in [-0.2, 0) is 6.54 Å². The highest BCUT2D eigenvalue weighted by molar-refractivity contribution is 7.07. The second-order valence-corrected chi connectivity index (χ2v) is 7.02. The predicted octanol–water partition coefficient (Wildman–Crippen LogP) is 5.04. The Balaban J connectivity index is 1.97. The molecule has 138 valence electrons. The molecule has 5 heteroatoms. The SMILES string of the molecule is C=CCn1c(-c2ccc(C)cc2)cs/c1=N\N=C(\C)c1ccc(OC)cc1. The van der Waals surface area contributed by atoms with Crippen molar-refractivity contribution in [2.45, 2.75) is 20.4 Å². The van der Waals surface area contributed by atoms with Gasteiger partial charge in [-0.3, -0.25) is 0 Å². The molecule has 0 aliphatic heterocycles. The van der Waals surface area contributed by atoms with E-state index >= 15 is 0 Å². The number of thiazole rings is 1. The first kappa shape index (κ1) is 18.9. The molecule has 27 heavy (non-hydrogen) atoms. The van der Waals surface area contributed by atoms with E-state index in [-0.39, 0.29) is 0 Å². The lowest BCUT2D eigenvalue weighted by molar-refractivity contribution is 0.415. The van der Waals surface area contributed by atoms with Crippen molar-refractivity contribution in [1.29, 1.82) is 0 Å². The monoisotopic (exact) mass is 377 g/mol. The second-order valence-electron chi connectivity index (χ2n) is 6.18. The smallest absolute Gasteiger partial charge is 0.211 e. The zero-order valence-electron chi connectivity index (χ0n) is 15.8. The van der Waals surface area contributed by atoms with Crippen LogP contribution in [0.1, 0.15) is 18.1 Å². The minimum atomic E-state index is 0.683. The van der Waals surface area contributed by atoms with Crippen molar-refractivity contribution in [3.8, 4) is 17.0 Å². The highest BCUT2D eigenvalue weighted by Crippen LogP contribution is 2.20. The largest absolute Gasteiger partial charge is 0.497 e. The summed E-state index contributed by atoms with van der Waals surface area (Å²) in [4.78, 5) is 0.846. The van der Waals surface area contributed by atoms with Crippen molar-refractivity contribution in [1.82, 2.24) is 4.57 Å². The minimum Gasteiger partial charge on any atom is -0.497 e. The van der Waals surface area contributed by atoms with Gasteiger partial charge in [-0.25, -0.2) is 0 Å². The summed E-state index contributed by atoms with van der Waals surface area (Å²) >= 11 is 1.58. The highest BCUT2D eigenvalue weighted by atomic mass is 32.1. The van der Waals surface area contributed by atoms with E-state index in [9.17, 15) is 0 Å². The molecule has 0 saturated heterocycles. The maximum atomic E-state index is 5.20. The Bertz CT molecular complexity index is 1010. The molecule has 2 aromatic carbocycles. The molecule has 0 radical (unpaired) electrons. The van der Waals surface area contributed by atoms with Gasteiger partial charge in [0.2, 0.25) is 4.80 Å². The topological polar surface area (TPSA) is 38.9 Å². The van der Waals surface area contributed by atoms with E-state index in [4.69, 9.17) is 4.74 Å². The summed E-state index contributed by atoms with van der Waals surface area (Å²) in [5.74, 6) is 0.827. The number of ether oxygens (including phenoxy) is 1. The van der Waals surface area contributed by atoms with Crippen molar-refractivity contribution in [3.05, 3.63) is 82.5 Å². The molecular formula is C22H23N3OS. The van der Waals surface area contributed by atoms with Gasteiger partial charge in [-0.1, -0.05) is 35.9 Å². The fourth-order valence-corrected chi connectivity index (χ4v) is 3.55. The summed E-state index contributed by atoms with van der Waals surface area (Å²) in [6.45, 7) is 8.61. The summed E-state index contributed by atoms with van der Waals surface area (Å²) in [6.07, 6.45) is 1.88. The summed E-state index contributed by atoms with van der Waals surface area (Å²) in [7, 11) is 1.66. The summed E-state index contributed by atoms with van der Waals surface area (Å²) < 4.78 is 7.33. The number of benzene rings is 2. The van der Waals surface area contributed by atoms with Gasteiger partial charge in [0.15, 0.2) is 0 Å². The molecule has 3 aromatic rings. The van der Waals surface area contributed by atoms with E-state index in [1.807, 2.05) is 37.3 Å². The number of allylic oxidation sites excluding steroid dienone is 1. The van der Waals surface area contributed by atoms with Crippen LogP contribution in [0.3, 0.4) is 0 Å². The van der Waals surface area contributed by atoms with Crippen molar-refractivity contribution in [3.63, 3.8) is 0 Å². The van der Waals surface area contributed by atoms with E-state index < -0.39 is 0 Å². The van der Waals surface area contributed by atoms with Crippen molar-refractivity contribution in [2.75, 3.05) is 7.11 Å². The first-order chi connectivity index (χ1) is 13.1. The van der Waals surface area contributed by atoms with Crippen LogP contribution in [-0.4, -0.2) is 17.4 Å². The summed E-state index contributed by atoms with van der Waals surface area (Å²) in [5, 5.41) is 11.1. The van der Waals surface area contributed by atoms with Gasteiger partial charge in [0.1, 0.15) is 5.75 Å². The molecular weight excluding hydrogens is 354 g/mol. The van der Waals surface area contributed by atoms with E-state index in [0.717, 1.165) is 33.1 Å². The Hall–Kier alpha value is -2.92. The van der Waals surface area contributed by atoms with Crippen LogP contribution >= 0.6 is 11.3 Å². The average Bonchev–Trinajstić information content (AvgIpc) is 3.09. The average molecular weight is 378 g/mol. The van der Waals surface area contributed by atoms with Gasteiger partial charge >= 0.3 is 0 Å². The third kappa shape index (κ3) is 4.44. The third-order valence-electron chi connectivity index (χ3n) is 4.25. The molecule has 0 aliphatic carbocycles. The Morgan fingerprint density at radius 3 is 2.48 bits per heavy atom. The summed E-state index contributed by atoms with van der Waals surface area (Å²) in [6, 6.07) is 16.3. The van der Waals surface area contributed by atoms with E-state index in [1.54, 1.807) is 18.4 Å². The van der Waals surface area contributed by atoms with Gasteiger partial charge in [-0.15, -0.1) is 23.0 Å². The number of hydrogen-bond acceptors (Lipinski definition) is 4. The maximum Gasteiger partial charge on any atom is 0.211 e. The molecule has 0 saturated carbocycles. The van der Waals surface area contributed by atoms with Crippen LogP contribution in [0.5, 0.6) is 5.75 Å². The van der Waals surface area contributed by atoms with Crippen LogP contribution in [0.15, 0.2) is 76.8 Å². The molecule has 0 fully saturated rings. The van der Waals surface area contributed by atoms with Crippen molar-refractivity contribution < 1.29 is 4.74 Å². The molecule has 0 spiro atoms.